The quantitative estimate of drug-likeness (QED) is 0.600. The lowest BCUT2D eigenvalue weighted by Crippen LogP contribution is -2.49. The molecule has 0 aromatic heterocycles. The Kier molecular flexibility index (Phi) is 3.98. The van der Waals surface area contributed by atoms with Crippen LogP contribution in [0.25, 0.3) is 0 Å². The van der Waals surface area contributed by atoms with Gasteiger partial charge < -0.3 is 0 Å². The summed E-state index contributed by atoms with van der Waals surface area (Å²) < 4.78 is 26.4. The number of hydrogen-bond acceptors (Lipinski definition) is 0. The van der Waals surface area contributed by atoms with Crippen LogP contribution in [0.4, 0.5) is 8.78 Å². The molecule has 3 fully saturated rings. The maximum Gasteiger partial charge on any atom is 0.159 e. The first kappa shape index (κ1) is 15.6. The fourth-order valence-corrected chi connectivity index (χ4v) is 5.77. The molecule has 4 rings (SSSR count). The van der Waals surface area contributed by atoms with Crippen LogP contribution in [-0.2, 0) is 0 Å². The molecule has 0 heterocycles. The highest BCUT2D eigenvalue weighted by molar-refractivity contribution is 5.26. The fourth-order valence-electron chi connectivity index (χ4n) is 5.77. The van der Waals surface area contributed by atoms with E-state index in [0.717, 1.165) is 23.3 Å². The van der Waals surface area contributed by atoms with Crippen LogP contribution in [0.15, 0.2) is 18.2 Å². The summed E-state index contributed by atoms with van der Waals surface area (Å²) in [5, 5.41) is 0. The second-order valence-corrected chi connectivity index (χ2v) is 8.64. The predicted molar refractivity (Wildman–Crippen MR) is 89.2 cm³/mol. The fraction of sp³-hybridized carbons (Fsp3) is 0.714. The van der Waals surface area contributed by atoms with Gasteiger partial charge in [-0.1, -0.05) is 32.3 Å². The van der Waals surface area contributed by atoms with Gasteiger partial charge in [-0.2, -0.15) is 0 Å². The van der Waals surface area contributed by atoms with E-state index in [9.17, 15) is 8.78 Å². The van der Waals surface area contributed by atoms with Gasteiger partial charge in [-0.05, 0) is 85.3 Å². The third kappa shape index (κ3) is 2.83. The molecule has 3 aliphatic rings. The second-order valence-electron chi connectivity index (χ2n) is 8.64. The summed E-state index contributed by atoms with van der Waals surface area (Å²) in [7, 11) is 0. The Morgan fingerprint density at radius 2 is 1.61 bits per heavy atom. The lowest BCUT2D eigenvalue weighted by Gasteiger charge is -2.60. The minimum absolute atomic E-state index is 0.460. The summed E-state index contributed by atoms with van der Waals surface area (Å²) in [6, 6.07) is 4.47. The first-order chi connectivity index (χ1) is 11.1. The molecule has 23 heavy (non-hydrogen) atoms. The van der Waals surface area contributed by atoms with Crippen molar-refractivity contribution in [3.8, 4) is 0 Å². The molecule has 0 nitrogen and oxygen atoms in total. The average molecular weight is 318 g/mol. The van der Waals surface area contributed by atoms with Gasteiger partial charge in [0.05, 0.1) is 0 Å². The van der Waals surface area contributed by atoms with Crippen LogP contribution in [0.1, 0.15) is 76.2 Å². The molecule has 1 spiro atoms. The number of halogens is 2. The van der Waals surface area contributed by atoms with Crippen molar-refractivity contribution in [3.63, 3.8) is 0 Å². The first-order valence-corrected chi connectivity index (χ1v) is 9.53. The van der Waals surface area contributed by atoms with Crippen molar-refractivity contribution in [2.45, 2.75) is 70.6 Å². The summed E-state index contributed by atoms with van der Waals surface area (Å²) in [5.41, 5.74) is 1.56. The monoisotopic (exact) mass is 318 g/mol. The number of benzene rings is 1. The van der Waals surface area contributed by atoms with Crippen molar-refractivity contribution < 1.29 is 8.78 Å². The molecule has 0 aliphatic heterocycles. The van der Waals surface area contributed by atoms with E-state index in [-0.39, 0.29) is 0 Å². The Morgan fingerprint density at radius 3 is 2.22 bits per heavy atom. The largest absolute Gasteiger partial charge is 0.204 e. The van der Waals surface area contributed by atoms with E-state index < -0.39 is 11.6 Å². The van der Waals surface area contributed by atoms with Crippen LogP contribution in [0, 0.1) is 34.8 Å². The molecule has 126 valence electrons. The summed E-state index contributed by atoms with van der Waals surface area (Å²) in [5.74, 6) is 1.96. The van der Waals surface area contributed by atoms with Gasteiger partial charge in [0.2, 0.25) is 0 Å². The summed E-state index contributed by atoms with van der Waals surface area (Å²) in [6.07, 6.45) is 12.3. The van der Waals surface area contributed by atoms with Crippen LogP contribution < -0.4 is 0 Å². The third-order valence-corrected chi connectivity index (χ3v) is 7.30. The maximum absolute atomic E-state index is 13.4. The maximum atomic E-state index is 13.4. The van der Waals surface area contributed by atoms with Gasteiger partial charge in [-0.3, -0.25) is 0 Å². The Morgan fingerprint density at radius 1 is 0.913 bits per heavy atom. The van der Waals surface area contributed by atoms with Crippen LogP contribution >= 0.6 is 0 Å². The van der Waals surface area contributed by atoms with E-state index >= 15 is 0 Å². The molecular formula is C21H28F2. The molecule has 3 aliphatic carbocycles. The normalized spacial score (nSPS) is 39.8. The Bertz CT molecular complexity index is 557. The third-order valence-electron chi connectivity index (χ3n) is 7.30. The van der Waals surface area contributed by atoms with Crippen molar-refractivity contribution in [1.82, 2.24) is 0 Å². The molecule has 0 bridgehead atoms. The van der Waals surface area contributed by atoms with Gasteiger partial charge in [0.15, 0.2) is 11.6 Å². The zero-order valence-electron chi connectivity index (χ0n) is 14.2. The minimum Gasteiger partial charge on any atom is -0.204 e. The van der Waals surface area contributed by atoms with Gasteiger partial charge >= 0.3 is 0 Å². The topological polar surface area (TPSA) is 0 Å². The first-order valence-electron chi connectivity index (χ1n) is 9.53. The van der Waals surface area contributed by atoms with E-state index in [4.69, 9.17) is 0 Å². The smallest absolute Gasteiger partial charge is 0.159 e. The molecule has 0 saturated heterocycles. The zero-order chi connectivity index (χ0) is 16.0. The van der Waals surface area contributed by atoms with Crippen molar-refractivity contribution in [2.24, 2.45) is 23.2 Å². The highest BCUT2D eigenvalue weighted by atomic mass is 19.2. The van der Waals surface area contributed by atoms with E-state index in [1.807, 2.05) is 0 Å². The molecule has 1 aromatic carbocycles. The summed E-state index contributed by atoms with van der Waals surface area (Å²) in [4.78, 5) is 0. The lowest BCUT2D eigenvalue weighted by atomic mass is 9.45. The number of rotatable bonds is 3. The van der Waals surface area contributed by atoms with E-state index in [1.54, 1.807) is 6.07 Å². The Balaban J connectivity index is 1.27. The lowest BCUT2D eigenvalue weighted by molar-refractivity contribution is -0.0725. The van der Waals surface area contributed by atoms with Gasteiger partial charge in [0.25, 0.3) is 0 Å². The SMILES string of the molecule is CCC1CCC(C2CC3(CC(c4ccc(F)c(F)c4)C3)C2)CC1. The predicted octanol–water partition coefficient (Wildman–Crippen LogP) is 6.46. The Labute approximate surface area is 138 Å². The van der Waals surface area contributed by atoms with Crippen LogP contribution in [-0.4, -0.2) is 0 Å². The van der Waals surface area contributed by atoms with Crippen LogP contribution in [0.2, 0.25) is 0 Å². The second kappa shape index (κ2) is 5.86. The Hall–Kier alpha value is -0.920. The number of hydrogen-bond donors (Lipinski definition) is 0. The van der Waals surface area contributed by atoms with Crippen molar-refractivity contribution in [3.05, 3.63) is 35.4 Å². The van der Waals surface area contributed by atoms with E-state index in [2.05, 4.69) is 6.92 Å². The standard InChI is InChI=1S/C21H28F2/c1-2-14-3-5-15(6-4-14)17-10-21(11-17)12-18(13-21)16-7-8-19(22)20(23)9-16/h7-9,14-15,17-18H,2-6,10-13H2,1H3. The van der Waals surface area contributed by atoms with Gasteiger partial charge in [0, 0.05) is 0 Å². The van der Waals surface area contributed by atoms with Crippen LogP contribution in [0.3, 0.4) is 0 Å². The highest BCUT2D eigenvalue weighted by Crippen LogP contribution is 2.66. The summed E-state index contributed by atoms with van der Waals surface area (Å²) >= 11 is 0. The zero-order valence-corrected chi connectivity index (χ0v) is 14.2. The molecule has 0 radical (unpaired) electrons. The van der Waals surface area contributed by atoms with Crippen molar-refractivity contribution >= 4 is 0 Å². The van der Waals surface area contributed by atoms with Crippen molar-refractivity contribution in [1.29, 1.82) is 0 Å². The molecule has 0 atom stereocenters. The minimum atomic E-state index is -0.728. The highest BCUT2D eigenvalue weighted by Gasteiger charge is 2.54. The van der Waals surface area contributed by atoms with E-state index in [1.165, 1.54) is 69.9 Å². The van der Waals surface area contributed by atoms with Gasteiger partial charge in [-0.15, -0.1) is 0 Å². The molecule has 2 heteroatoms. The van der Waals surface area contributed by atoms with Crippen LogP contribution in [0.5, 0.6) is 0 Å². The average Bonchev–Trinajstić information content (AvgIpc) is 2.48. The van der Waals surface area contributed by atoms with Gasteiger partial charge in [-0.25, -0.2) is 8.78 Å². The van der Waals surface area contributed by atoms with E-state index in [0.29, 0.717) is 11.3 Å². The molecule has 3 saturated carbocycles. The molecule has 1 aromatic rings. The summed E-state index contributed by atoms with van der Waals surface area (Å²) in [6.45, 7) is 2.33. The van der Waals surface area contributed by atoms with Crippen molar-refractivity contribution in [2.75, 3.05) is 0 Å². The molecular weight excluding hydrogens is 290 g/mol. The molecule has 0 unspecified atom stereocenters. The molecule has 0 amide bonds. The molecule has 0 N–H and O–H groups in total. The van der Waals surface area contributed by atoms with Gasteiger partial charge in [0.1, 0.15) is 0 Å².